The number of rotatable bonds is 2. The minimum atomic E-state index is 0.280. The summed E-state index contributed by atoms with van der Waals surface area (Å²) in [6, 6.07) is 16.5. The van der Waals surface area contributed by atoms with Gasteiger partial charge in [0.2, 0.25) is 0 Å². The zero-order chi connectivity index (χ0) is 22.0. The number of anilines is 1. The first-order valence-electron chi connectivity index (χ1n) is 11.3. The molecule has 0 radical (unpaired) electrons. The van der Waals surface area contributed by atoms with E-state index in [-0.39, 0.29) is 6.07 Å². The van der Waals surface area contributed by atoms with Crippen LogP contribution in [0.3, 0.4) is 0 Å². The molecule has 3 aromatic rings. The highest BCUT2D eigenvalue weighted by atomic mass is 15.4. The maximum Gasteiger partial charge on any atom is 0.262 e. The Morgan fingerprint density at radius 2 is 1.32 bits per heavy atom. The van der Waals surface area contributed by atoms with Crippen LogP contribution in [0, 0.1) is 41.5 Å². The van der Waals surface area contributed by atoms with Gasteiger partial charge in [-0.05, 0) is 63.7 Å². The van der Waals surface area contributed by atoms with Crippen molar-refractivity contribution in [2.24, 2.45) is 0 Å². The molecule has 2 nitrogen and oxygen atoms in total. The van der Waals surface area contributed by atoms with Crippen LogP contribution in [0.2, 0.25) is 0 Å². The minimum absolute atomic E-state index is 0.280. The standard InChI is InChI=1S/C28H31BN2/c1-17-13-19(3)25(20(4)14-17)23-9-8-10-24-27(23)31-12-11-30(7)28(31)29(24)26-21(5)15-18(2)16-22(26)6/h8-16,28H,1-7H3. The predicted molar refractivity (Wildman–Crippen MR) is 135 cm³/mol. The Hall–Kier alpha value is -2.94. The molecule has 1 atom stereocenters. The quantitative estimate of drug-likeness (QED) is 0.558. The fourth-order valence-electron chi connectivity index (χ4n) is 6.21. The molecule has 2 aliphatic rings. The van der Waals surface area contributed by atoms with Crippen LogP contribution in [0.25, 0.3) is 11.1 Å². The van der Waals surface area contributed by atoms with Crippen molar-refractivity contribution in [1.29, 1.82) is 0 Å². The van der Waals surface area contributed by atoms with Crippen molar-refractivity contribution in [1.82, 2.24) is 4.90 Å². The molecule has 0 spiro atoms. The first-order chi connectivity index (χ1) is 14.8. The maximum atomic E-state index is 2.51. The second-order valence-electron chi connectivity index (χ2n) is 9.59. The number of para-hydroxylation sites is 1. The van der Waals surface area contributed by atoms with Gasteiger partial charge in [0.25, 0.3) is 6.71 Å². The van der Waals surface area contributed by atoms with E-state index < -0.39 is 0 Å². The molecular formula is C28H31BN2. The zero-order valence-electron chi connectivity index (χ0n) is 19.7. The highest BCUT2D eigenvalue weighted by Gasteiger charge is 2.47. The second-order valence-corrected chi connectivity index (χ2v) is 9.59. The van der Waals surface area contributed by atoms with Crippen LogP contribution >= 0.6 is 0 Å². The maximum absolute atomic E-state index is 2.51. The van der Waals surface area contributed by atoms with Crippen LogP contribution in [0.4, 0.5) is 5.69 Å². The summed E-state index contributed by atoms with van der Waals surface area (Å²) in [5.41, 5.74) is 15.2. The summed E-state index contributed by atoms with van der Waals surface area (Å²) < 4.78 is 0. The third-order valence-electron chi connectivity index (χ3n) is 7.12. The van der Waals surface area contributed by atoms with Crippen molar-refractivity contribution in [3.63, 3.8) is 0 Å². The summed E-state index contributed by atoms with van der Waals surface area (Å²) in [5.74, 6) is 0. The van der Waals surface area contributed by atoms with E-state index in [1.54, 1.807) is 0 Å². The van der Waals surface area contributed by atoms with Crippen LogP contribution in [-0.4, -0.2) is 24.7 Å². The lowest BCUT2D eigenvalue weighted by Gasteiger charge is -2.29. The molecule has 31 heavy (non-hydrogen) atoms. The molecule has 156 valence electrons. The predicted octanol–water partition coefficient (Wildman–Crippen LogP) is 4.92. The molecule has 0 fully saturated rings. The molecule has 2 heterocycles. The van der Waals surface area contributed by atoms with Crippen molar-refractivity contribution >= 4 is 23.3 Å². The SMILES string of the molecule is Cc1cc(C)c(B2c3cccc(-c4c(C)cc(C)cc4C)c3N3C=CN(C)C23)c(C)c1. The van der Waals surface area contributed by atoms with E-state index in [0.717, 1.165) is 0 Å². The number of aryl methyl sites for hydroxylation is 6. The van der Waals surface area contributed by atoms with Gasteiger partial charge in [0.15, 0.2) is 0 Å². The van der Waals surface area contributed by atoms with Gasteiger partial charge in [0.1, 0.15) is 0 Å². The number of fused-ring (bicyclic) bond motifs is 3. The molecule has 1 unspecified atom stereocenters. The number of hydrogen-bond acceptors (Lipinski definition) is 2. The fraction of sp³-hybridized carbons (Fsp3) is 0.286. The van der Waals surface area contributed by atoms with Crippen LogP contribution in [-0.2, 0) is 0 Å². The second kappa shape index (κ2) is 7.05. The Balaban J connectivity index is 1.79. The Kier molecular flexibility index (Phi) is 4.55. The molecule has 0 N–H and O–H groups in total. The molecule has 0 bridgehead atoms. The van der Waals surface area contributed by atoms with E-state index in [1.165, 1.54) is 61.1 Å². The molecule has 3 aromatic carbocycles. The Labute approximate surface area is 187 Å². The molecule has 0 aromatic heterocycles. The first-order valence-corrected chi connectivity index (χ1v) is 11.3. The van der Waals surface area contributed by atoms with E-state index in [0.29, 0.717) is 6.71 Å². The van der Waals surface area contributed by atoms with Gasteiger partial charge in [-0.25, -0.2) is 0 Å². The van der Waals surface area contributed by atoms with Crippen molar-refractivity contribution in [2.45, 2.75) is 47.6 Å². The van der Waals surface area contributed by atoms with Crippen molar-refractivity contribution < 1.29 is 0 Å². The van der Waals surface area contributed by atoms with Gasteiger partial charge in [0, 0.05) is 30.7 Å². The van der Waals surface area contributed by atoms with Gasteiger partial charge in [-0.15, -0.1) is 0 Å². The zero-order valence-corrected chi connectivity index (χ0v) is 19.7. The highest BCUT2D eigenvalue weighted by molar-refractivity contribution is 6.90. The van der Waals surface area contributed by atoms with Crippen molar-refractivity contribution in [2.75, 3.05) is 11.9 Å². The van der Waals surface area contributed by atoms with Crippen molar-refractivity contribution in [3.8, 4) is 11.1 Å². The third kappa shape index (κ3) is 2.94. The normalized spacial score (nSPS) is 16.9. The lowest BCUT2D eigenvalue weighted by molar-refractivity contribution is 0.450. The van der Waals surface area contributed by atoms with Gasteiger partial charge in [-0.3, -0.25) is 0 Å². The minimum Gasteiger partial charge on any atom is -0.365 e. The van der Waals surface area contributed by atoms with Crippen LogP contribution in [0.1, 0.15) is 33.4 Å². The molecule has 0 saturated heterocycles. The van der Waals surface area contributed by atoms with Gasteiger partial charge in [-0.2, -0.15) is 0 Å². The van der Waals surface area contributed by atoms with Gasteiger partial charge in [0.05, 0.1) is 6.07 Å². The molecule has 5 rings (SSSR count). The topological polar surface area (TPSA) is 6.48 Å². The smallest absolute Gasteiger partial charge is 0.262 e. The Morgan fingerprint density at radius 1 is 0.742 bits per heavy atom. The third-order valence-corrected chi connectivity index (χ3v) is 7.12. The van der Waals surface area contributed by atoms with Gasteiger partial charge in [-0.1, -0.05) is 70.2 Å². The molecule has 2 aliphatic heterocycles. The summed E-state index contributed by atoms with van der Waals surface area (Å²) in [4.78, 5) is 4.88. The van der Waals surface area contributed by atoms with E-state index in [1.807, 2.05) is 0 Å². The van der Waals surface area contributed by atoms with E-state index >= 15 is 0 Å². The molecule has 0 amide bonds. The first kappa shape index (κ1) is 20.0. The molecular weight excluding hydrogens is 375 g/mol. The molecule has 3 heteroatoms. The molecule has 0 saturated carbocycles. The highest BCUT2D eigenvalue weighted by Crippen LogP contribution is 2.41. The van der Waals surface area contributed by atoms with Crippen LogP contribution in [0.5, 0.6) is 0 Å². The summed E-state index contributed by atoms with van der Waals surface area (Å²) in [6.45, 7) is 13.8. The summed E-state index contributed by atoms with van der Waals surface area (Å²) in [5, 5.41) is 0. The van der Waals surface area contributed by atoms with Crippen LogP contribution < -0.4 is 15.8 Å². The largest absolute Gasteiger partial charge is 0.365 e. The monoisotopic (exact) mass is 406 g/mol. The lowest BCUT2D eigenvalue weighted by atomic mass is 9.38. The number of nitrogens with zero attached hydrogens (tertiary/aromatic N) is 2. The number of hydrogen-bond donors (Lipinski definition) is 0. The van der Waals surface area contributed by atoms with E-state index in [9.17, 15) is 0 Å². The average molecular weight is 406 g/mol. The van der Waals surface area contributed by atoms with E-state index in [4.69, 9.17) is 0 Å². The summed E-state index contributed by atoms with van der Waals surface area (Å²) in [6.07, 6.45) is 4.50. The van der Waals surface area contributed by atoms with Gasteiger partial charge < -0.3 is 9.80 Å². The summed E-state index contributed by atoms with van der Waals surface area (Å²) >= 11 is 0. The Bertz CT molecular complexity index is 1190. The fourth-order valence-corrected chi connectivity index (χ4v) is 6.21. The molecule has 0 aliphatic carbocycles. The van der Waals surface area contributed by atoms with Crippen LogP contribution in [0.15, 0.2) is 54.9 Å². The lowest BCUT2D eigenvalue weighted by Crippen LogP contribution is -2.56. The Morgan fingerprint density at radius 3 is 1.94 bits per heavy atom. The summed E-state index contributed by atoms with van der Waals surface area (Å²) in [7, 11) is 2.21. The van der Waals surface area contributed by atoms with E-state index in [2.05, 4.69) is 113 Å². The van der Waals surface area contributed by atoms with Gasteiger partial charge >= 0.3 is 0 Å². The van der Waals surface area contributed by atoms with Crippen molar-refractivity contribution in [3.05, 3.63) is 88.2 Å². The average Bonchev–Trinajstić information content (AvgIpc) is 3.19. The number of benzene rings is 3.